The van der Waals surface area contributed by atoms with Crippen LogP contribution in [-0.4, -0.2) is 81.0 Å². The van der Waals surface area contributed by atoms with Crippen molar-refractivity contribution in [3.05, 3.63) is 35.4 Å². The van der Waals surface area contributed by atoms with Crippen molar-refractivity contribution in [2.45, 2.75) is 38.0 Å². The van der Waals surface area contributed by atoms with Gasteiger partial charge in [-0.3, -0.25) is 9.89 Å². The minimum atomic E-state index is 0. The van der Waals surface area contributed by atoms with E-state index in [2.05, 4.69) is 44.4 Å². The Bertz CT molecular complexity index is 651. The molecule has 2 unspecified atom stereocenters. The molecule has 3 aliphatic rings. The van der Waals surface area contributed by atoms with Gasteiger partial charge in [-0.05, 0) is 30.4 Å². The summed E-state index contributed by atoms with van der Waals surface area (Å²) in [5, 5.41) is 3.56. The number of fused-ring (bicyclic) bond motifs is 1. The van der Waals surface area contributed by atoms with Crippen LogP contribution in [0.1, 0.15) is 24.0 Å². The number of nitrogens with zero attached hydrogens (tertiary/aromatic N) is 3. The molecule has 1 aromatic rings. The maximum Gasteiger partial charge on any atom is 0.193 e. The van der Waals surface area contributed by atoms with Crippen molar-refractivity contribution in [1.82, 2.24) is 15.1 Å². The number of morpholine rings is 1. The number of guanidine groups is 1. The molecule has 0 aliphatic carbocycles. The summed E-state index contributed by atoms with van der Waals surface area (Å²) in [5.74, 6) is 0.985. The second kappa shape index (κ2) is 10.8. The standard InChI is InChI=1S/C21H32N4O2.HI/c1-22-21(25-12-14-27-20(16-25)19-7-4-13-26-19)23-9-11-24-10-8-17-5-2-3-6-18(17)15-24;/h2-3,5-6,19-20H,4,7-16H2,1H3,(H,22,23);1H. The summed E-state index contributed by atoms with van der Waals surface area (Å²) in [6.45, 7) is 7.50. The molecule has 4 rings (SSSR count). The highest BCUT2D eigenvalue weighted by atomic mass is 127. The zero-order chi connectivity index (χ0) is 18.5. The van der Waals surface area contributed by atoms with E-state index in [1.165, 1.54) is 11.1 Å². The lowest BCUT2D eigenvalue weighted by Gasteiger charge is -2.37. The van der Waals surface area contributed by atoms with Crippen LogP contribution in [0.5, 0.6) is 0 Å². The van der Waals surface area contributed by atoms with Crippen LogP contribution >= 0.6 is 24.0 Å². The van der Waals surface area contributed by atoms with Gasteiger partial charge in [0.2, 0.25) is 0 Å². The quantitative estimate of drug-likeness (QED) is 0.390. The lowest BCUT2D eigenvalue weighted by atomic mass is 10.00. The summed E-state index contributed by atoms with van der Waals surface area (Å²) in [5.41, 5.74) is 2.98. The molecule has 6 nitrogen and oxygen atoms in total. The molecule has 0 bridgehead atoms. The molecule has 0 radical (unpaired) electrons. The third kappa shape index (κ3) is 5.37. The molecule has 7 heteroatoms. The van der Waals surface area contributed by atoms with Gasteiger partial charge >= 0.3 is 0 Å². The second-order valence-electron chi connectivity index (χ2n) is 7.68. The zero-order valence-electron chi connectivity index (χ0n) is 16.8. The molecule has 0 amide bonds. The van der Waals surface area contributed by atoms with E-state index in [1.807, 2.05) is 7.05 Å². The maximum atomic E-state index is 5.96. The Balaban J connectivity index is 0.00000225. The summed E-state index contributed by atoms with van der Waals surface area (Å²) in [6.07, 6.45) is 3.83. The maximum absolute atomic E-state index is 5.96. The molecule has 28 heavy (non-hydrogen) atoms. The van der Waals surface area contributed by atoms with Crippen molar-refractivity contribution in [2.75, 3.05) is 53.0 Å². The number of hydrogen-bond donors (Lipinski definition) is 1. The molecule has 2 saturated heterocycles. The van der Waals surface area contributed by atoms with Crippen LogP contribution in [0.3, 0.4) is 0 Å². The average Bonchev–Trinajstić information content (AvgIpc) is 3.26. The van der Waals surface area contributed by atoms with Crippen LogP contribution in [-0.2, 0) is 22.4 Å². The minimum absolute atomic E-state index is 0. The highest BCUT2D eigenvalue weighted by Gasteiger charge is 2.32. The number of hydrogen-bond acceptors (Lipinski definition) is 4. The first-order chi connectivity index (χ1) is 13.3. The van der Waals surface area contributed by atoms with E-state index in [0.29, 0.717) is 0 Å². The summed E-state index contributed by atoms with van der Waals surface area (Å²) in [7, 11) is 1.87. The third-order valence-corrected chi connectivity index (χ3v) is 5.91. The Kier molecular flexibility index (Phi) is 8.37. The van der Waals surface area contributed by atoms with Crippen molar-refractivity contribution >= 4 is 29.9 Å². The predicted octanol–water partition coefficient (Wildman–Crippen LogP) is 2.12. The Hall–Kier alpha value is -0.900. The minimum Gasteiger partial charge on any atom is -0.375 e. The largest absolute Gasteiger partial charge is 0.375 e. The van der Waals surface area contributed by atoms with Crippen molar-refractivity contribution in [2.24, 2.45) is 4.99 Å². The Labute approximate surface area is 185 Å². The van der Waals surface area contributed by atoms with E-state index in [4.69, 9.17) is 9.47 Å². The van der Waals surface area contributed by atoms with Crippen molar-refractivity contribution < 1.29 is 9.47 Å². The van der Waals surface area contributed by atoms with Crippen LogP contribution in [0.15, 0.2) is 29.3 Å². The number of rotatable bonds is 4. The van der Waals surface area contributed by atoms with Gasteiger partial charge in [0.15, 0.2) is 5.96 Å². The lowest BCUT2D eigenvalue weighted by Crippen LogP contribution is -2.54. The van der Waals surface area contributed by atoms with Gasteiger partial charge in [-0.2, -0.15) is 0 Å². The molecule has 0 spiro atoms. The van der Waals surface area contributed by atoms with Crippen molar-refractivity contribution in [1.29, 1.82) is 0 Å². The van der Waals surface area contributed by atoms with Crippen molar-refractivity contribution in [3.8, 4) is 0 Å². The van der Waals surface area contributed by atoms with Crippen LogP contribution in [0, 0.1) is 0 Å². The fraction of sp³-hybridized carbons (Fsp3) is 0.667. The van der Waals surface area contributed by atoms with Gasteiger partial charge in [-0.25, -0.2) is 0 Å². The molecular formula is C21H33IN4O2. The number of ether oxygens (including phenoxy) is 2. The third-order valence-electron chi connectivity index (χ3n) is 5.91. The molecule has 3 aliphatic heterocycles. The number of aliphatic imine (C=N–C) groups is 1. The van der Waals surface area contributed by atoms with Gasteiger partial charge in [-0.15, -0.1) is 24.0 Å². The number of nitrogens with one attached hydrogen (secondary N) is 1. The van der Waals surface area contributed by atoms with Gasteiger partial charge < -0.3 is 19.7 Å². The first-order valence-electron chi connectivity index (χ1n) is 10.3. The summed E-state index contributed by atoms with van der Waals surface area (Å²) in [4.78, 5) is 9.35. The van der Waals surface area contributed by atoms with Crippen LogP contribution in [0.25, 0.3) is 0 Å². The van der Waals surface area contributed by atoms with Crippen LogP contribution in [0.4, 0.5) is 0 Å². The normalized spacial score (nSPS) is 25.9. The molecule has 3 heterocycles. The summed E-state index contributed by atoms with van der Waals surface area (Å²) >= 11 is 0. The second-order valence-corrected chi connectivity index (χ2v) is 7.68. The fourth-order valence-corrected chi connectivity index (χ4v) is 4.39. The first kappa shape index (κ1) is 21.8. The fourth-order valence-electron chi connectivity index (χ4n) is 4.39. The zero-order valence-corrected chi connectivity index (χ0v) is 19.1. The Morgan fingerprint density at radius 2 is 1.96 bits per heavy atom. The van der Waals surface area contributed by atoms with Gasteiger partial charge in [0, 0.05) is 52.9 Å². The monoisotopic (exact) mass is 500 g/mol. The molecule has 156 valence electrons. The van der Waals surface area contributed by atoms with Gasteiger partial charge in [0.05, 0.1) is 12.7 Å². The van der Waals surface area contributed by atoms with E-state index < -0.39 is 0 Å². The number of benzene rings is 1. The molecule has 1 aromatic carbocycles. The average molecular weight is 500 g/mol. The Morgan fingerprint density at radius 3 is 2.75 bits per heavy atom. The summed E-state index contributed by atoms with van der Waals surface area (Å²) < 4.78 is 11.8. The number of halogens is 1. The van der Waals surface area contributed by atoms with Gasteiger partial charge in [-0.1, -0.05) is 24.3 Å². The van der Waals surface area contributed by atoms with Gasteiger partial charge in [0.25, 0.3) is 0 Å². The highest BCUT2D eigenvalue weighted by molar-refractivity contribution is 14.0. The SMILES string of the molecule is CN=C(NCCN1CCc2ccccc2C1)N1CCOC(C2CCCO2)C1.I. The van der Waals surface area contributed by atoms with E-state index in [-0.39, 0.29) is 36.2 Å². The van der Waals surface area contributed by atoms with E-state index in [1.54, 1.807) is 0 Å². The molecule has 2 atom stereocenters. The Morgan fingerprint density at radius 1 is 1.14 bits per heavy atom. The highest BCUT2D eigenvalue weighted by Crippen LogP contribution is 2.21. The molecule has 1 N–H and O–H groups in total. The molecule has 0 aromatic heterocycles. The van der Waals surface area contributed by atoms with E-state index >= 15 is 0 Å². The summed E-state index contributed by atoms with van der Waals surface area (Å²) in [6, 6.07) is 8.81. The topological polar surface area (TPSA) is 49.3 Å². The van der Waals surface area contributed by atoms with Gasteiger partial charge in [0.1, 0.15) is 6.10 Å². The van der Waals surface area contributed by atoms with Crippen molar-refractivity contribution in [3.63, 3.8) is 0 Å². The lowest BCUT2D eigenvalue weighted by molar-refractivity contribution is -0.0817. The molecule has 2 fully saturated rings. The van der Waals surface area contributed by atoms with E-state index in [9.17, 15) is 0 Å². The molecular weight excluding hydrogens is 467 g/mol. The first-order valence-corrected chi connectivity index (χ1v) is 10.3. The smallest absolute Gasteiger partial charge is 0.193 e. The van der Waals surface area contributed by atoms with Crippen LogP contribution < -0.4 is 5.32 Å². The van der Waals surface area contributed by atoms with E-state index in [0.717, 1.165) is 77.7 Å². The predicted molar refractivity (Wildman–Crippen MR) is 122 cm³/mol. The molecule has 0 saturated carbocycles. The van der Waals surface area contributed by atoms with Crippen LogP contribution in [0.2, 0.25) is 0 Å².